The van der Waals surface area contributed by atoms with Gasteiger partial charge in [-0.1, -0.05) is 6.07 Å². The monoisotopic (exact) mass is 414 g/mol. The zero-order chi connectivity index (χ0) is 23.3. The number of aromatic hydroxyl groups is 1. The van der Waals surface area contributed by atoms with E-state index in [1.807, 2.05) is 0 Å². The van der Waals surface area contributed by atoms with Gasteiger partial charge in [-0.25, -0.2) is 9.37 Å². The highest BCUT2D eigenvalue weighted by atomic mass is 19.1. The highest BCUT2D eigenvalue weighted by molar-refractivity contribution is 5.69. The number of aromatic nitrogens is 7. The van der Waals surface area contributed by atoms with Crippen LogP contribution in [0.1, 0.15) is 23.4 Å². The van der Waals surface area contributed by atoms with Gasteiger partial charge in [-0.05, 0) is 36.6 Å². The Morgan fingerprint density at radius 3 is 2.87 bits per heavy atom. The topological polar surface area (TPSA) is 118 Å². The maximum atomic E-state index is 15.1. The molecule has 2 bridgehead atoms. The minimum absolute atomic E-state index is 0.0347. The molecule has 0 saturated carbocycles. The third kappa shape index (κ3) is 3.24. The van der Waals surface area contributed by atoms with Crippen LogP contribution in [0.5, 0.6) is 5.75 Å². The van der Waals surface area contributed by atoms with Crippen LogP contribution in [-0.4, -0.2) is 71.8 Å². The minimum Gasteiger partial charge on any atom is -0.507 e. The number of alkyl halides is 1. The number of hydrogen-bond donors (Lipinski definition) is 2. The van der Waals surface area contributed by atoms with Crippen LogP contribution in [0.3, 0.4) is 0 Å². The predicted molar refractivity (Wildman–Crippen MR) is 106 cm³/mol. The molecule has 0 spiro atoms. The van der Waals surface area contributed by atoms with Crippen LogP contribution < -0.4 is 10.2 Å². The molecule has 2 fully saturated rings. The molecule has 2 saturated heterocycles. The van der Waals surface area contributed by atoms with E-state index in [1.165, 1.54) is 17.1 Å². The molecule has 30 heavy (non-hydrogen) atoms. The Bertz CT molecular complexity index is 1160. The zero-order valence-electron chi connectivity index (χ0n) is 19.1. The Balaban J connectivity index is 1.43. The van der Waals surface area contributed by atoms with Crippen LogP contribution in [-0.2, 0) is 7.05 Å². The van der Waals surface area contributed by atoms with E-state index in [-0.39, 0.29) is 29.5 Å². The summed E-state index contributed by atoms with van der Waals surface area (Å²) in [4.78, 5) is 6.53. The molecule has 2 aliphatic heterocycles. The van der Waals surface area contributed by atoms with E-state index >= 15 is 4.39 Å². The Morgan fingerprint density at radius 1 is 1.27 bits per heavy atom. The van der Waals surface area contributed by atoms with E-state index in [1.54, 1.807) is 19.2 Å². The molecule has 4 heterocycles. The van der Waals surface area contributed by atoms with Crippen molar-refractivity contribution in [1.82, 2.24) is 40.7 Å². The summed E-state index contributed by atoms with van der Waals surface area (Å²) in [6.45, 7) is -2.61. The van der Waals surface area contributed by atoms with Crippen molar-refractivity contribution >= 4 is 5.82 Å². The lowest BCUT2D eigenvalue weighted by Crippen LogP contribution is -2.55. The number of nitrogens with one attached hydrogen (secondary N) is 1. The highest BCUT2D eigenvalue weighted by Gasteiger charge is 2.43. The predicted octanol–water partition coefficient (Wildman–Crippen LogP) is 1.10. The van der Waals surface area contributed by atoms with Crippen LogP contribution >= 0.6 is 0 Å². The number of aryl methyl sites for hydroxylation is 1. The summed E-state index contributed by atoms with van der Waals surface area (Å²) in [5.74, 6) is 0.287. The van der Waals surface area contributed by atoms with Crippen molar-refractivity contribution < 1.29 is 13.6 Å². The van der Waals surface area contributed by atoms with E-state index < -0.39 is 19.2 Å². The molecule has 3 aromatic rings. The van der Waals surface area contributed by atoms with Gasteiger partial charge >= 0.3 is 0 Å². The summed E-state index contributed by atoms with van der Waals surface area (Å²) in [5.41, 5.74) is 0.849. The number of fused-ring (bicyclic) bond motifs is 2. The van der Waals surface area contributed by atoms with Crippen LogP contribution in [0.4, 0.5) is 10.2 Å². The lowest BCUT2D eigenvalue weighted by atomic mass is 9.96. The molecule has 2 N–H and O–H groups in total. The Labute approximate surface area is 176 Å². The fourth-order valence-electron chi connectivity index (χ4n) is 4.16. The van der Waals surface area contributed by atoms with E-state index in [4.69, 9.17) is 4.11 Å². The van der Waals surface area contributed by atoms with Crippen molar-refractivity contribution in [2.75, 3.05) is 11.9 Å². The molecule has 0 radical (unpaired) electrons. The number of benzene rings is 1. The first-order valence-corrected chi connectivity index (χ1v) is 9.67. The fraction of sp³-hybridized carbons (Fsp3) is 0.474. The third-order valence-corrected chi connectivity index (χ3v) is 5.69. The maximum absolute atomic E-state index is 15.1. The quantitative estimate of drug-likeness (QED) is 0.647. The van der Waals surface area contributed by atoms with E-state index in [0.29, 0.717) is 29.8 Å². The summed E-state index contributed by atoms with van der Waals surface area (Å²) >= 11 is 0. The molecular formula is C19H22FN9O. The summed E-state index contributed by atoms with van der Waals surface area (Å²) in [6.07, 6.45) is 1.76. The van der Waals surface area contributed by atoms with Gasteiger partial charge in [-0.3, -0.25) is 0 Å². The van der Waals surface area contributed by atoms with Crippen LogP contribution in [0, 0.1) is 0 Å². The third-order valence-electron chi connectivity index (χ3n) is 5.69. The molecule has 0 amide bonds. The second kappa shape index (κ2) is 7.24. The normalized spacial score (nSPS) is 27.3. The molecule has 0 aliphatic carbocycles. The maximum Gasteiger partial charge on any atom is 0.205 e. The molecule has 1 aromatic carbocycles. The second-order valence-corrected chi connectivity index (χ2v) is 7.64. The minimum atomic E-state index is -2.61. The first-order chi connectivity index (χ1) is 15.7. The number of rotatable bonds is 4. The molecule has 4 atom stereocenters. The molecule has 5 rings (SSSR count). The van der Waals surface area contributed by atoms with Crippen molar-refractivity contribution in [2.24, 2.45) is 7.05 Å². The first-order valence-electron chi connectivity index (χ1n) is 11.2. The molecule has 10 nitrogen and oxygen atoms in total. The van der Waals surface area contributed by atoms with Gasteiger partial charge in [0.2, 0.25) is 5.82 Å². The van der Waals surface area contributed by atoms with Gasteiger partial charge in [0.1, 0.15) is 11.9 Å². The fourth-order valence-corrected chi connectivity index (χ4v) is 4.16. The number of phenolic OH excluding ortho intramolecular Hbond substituents is 1. The first kappa shape index (κ1) is 15.6. The number of nitrogens with zero attached hydrogens (tertiary/aromatic N) is 8. The molecule has 156 valence electrons. The molecule has 0 unspecified atom stereocenters. The molecular weight excluding hydrogens is 389 g/mol. The number of phenols is 1. The van der Waals surface area contributed by atoms with Gasteiger partial charge in [0.25, 0.3) is 0 Å². The van der Waals surface area contributed by atoms with Crippen LogP contribution in [0.15, 0.2) is 24.4 Å². The average molecular weight is 414 g/mol. The van der Waals surface area contributed by atoms with Crippen molar-refractivity contribution in [1.29, 1.82) is 0 Å². The summed E-state index contributed by atoms with van der Waals surface area (Å²) in [7, 11) is 1.63. The smallest absolute Gasteiger partial charge is 0.205 e. The Morgan fingerprint density at radius 2 is 2.17 bits per heavy atom. The molecule has 2 aliphatic rings. The van der Waals surface area contributed by atoms with Crippen LogP contribution in [0.25, 0.3) is 22.8 Å². The van der Waals surface area contributed by atoms with E-state index in [9.17, 15) is 5.11 Å². The number of tetrazole rings is 1. The van der Waals surface area contributed by atoms with Crippen LogP contribution in [0.2, 0.25) is 0 Å². The van der Waals surface area contributed by atoms with Crippen molar-refractivity contribution in [3.8, 4) is 28.5 Å². The van der Waals surface area contributed by atoms with Gasteiger partial charge in [-0.15, -0.1) is 20.4 Å². The van der Waals surface area contributed by atoms with Gasteiger partial charge in [0.15, 0.2) is 11.6 Å². The van der Waals surface area contributed by atoms with Gasteiger partial charge in [0.05, 0.1) is 24.8 Å². The summed E-state index contributed by atoms with van der Waals surface area (Å²) in [5, 5.41) is 33.5. The summed E-state index contributed by atoms with van der Waals surface area (Å²) in [6, 6.07) is 3.58. The number of hydrogen-bond acceptors (Lipinski definition) is 9. The largest absolute Gasteiger partial charge is 0.507 e. The van der Waals surface area contributed by atoms with Gasteiger partial charge in [0, 0.05) is 28.7 Å². The average Bonchev–Trinajstić information content (AvgIpc) is 3.38. The lowest BCUT2D eigenvalue weighted by molar-refractivity contribution is 0.176. The lowest BCUT2D eigenvalue weighted by Gasteiger charge is -2.38. The number of piperidine rings is 1. The number of halogens is 1. The van der Waals surface area contributed by atoms with Crippen molar-refractivity contribution in [3.05, 3.63) is 24.4 Å². The Kier molecular flexibility index (Phi) is 3.77. The van der Waals surface area contributed by atoms with E-state index in [2.05, 4.69) is 35.9 Å². The van der Waals surface area contributed by atoms with E-state index in [0.717, 1.165) is 11.3 Å². The molecule has 2 aromatic heterocycles. The number of anilines is 1. The second-order valence-electron chi connectivity index (χ2n) is 7.64. The van der Waals surface area contributed by atoms with Gasteiger partial charge < -0.3 is 15.3 Å². The SMILES string of the molecule is [2H]C([2H])([2H])N(c1cnc(-c2ccc(-c3nnn(C)n3)cc2O)nn1)[C@H]1C[C@H]2CC[C@H](N2)[C@H]1F. The standard InChI is InChI=1S/C19H22FN9O/c1-28(14-8-11-4-6-13(22-11)17(14)20)16-9-21-19(24-23-16)12-5-3-10(7-15(12)30)18-25-27-29(2)26-18/h3,5,7,9,11,13-14,17,22,30H,4,6,8H2,1-2H3/t11-,13+,14+,17-/m1/s1/i1D3. The Hall–Kier alpha value is -3.21. The zero-order valence-corrected chi connectivity index (χ0v) is 16.1. The van der Waals surface area contributed by atoms with Gasteiger partial charge in [-0.2, -0.15) is 4.80 Å². The highest BCUT2D eigenvalue weighted by Crippen LogP contribution is 2.34. The van der Waals surface area contributed by atoms with Crippen molar-refractivity contribution in [2.45, 2.75) is 43.6 Å². The van der Waals surface area contributed by atoms with Crippen molar-refractivity contribution in [3.63, 3.8) is 0 Å². The summed E-state index contributed by atoms with van der Waals surface area (Å²) < 4.78 is 39.1. The molecule has 11 heteroatoms.